The number of hydrogen-bond acceptors (Lipinski definition) is 5. The lowest BCUT2D eigenvalue weighted by molar-refractivity contribution is -0.384. The van der Waals surface area contributed by atoms with E-state index in [2.05, 4.69) is 22.5 Å². The van der Waals surface area contributed by atoms with E-state index >= 15 is 0 Å². The van der Waals surface area contributed by atoms with Crippen LogP contribution in [-0.2, 0) is 0 Å². The molecule has 2 aromatic rings. The van der Waals surface area contributed by atoms with Crippen molar-refractivity contribution in [1.82, 2.24) is 0 Å². The lowest BCUT2D eigenvalue weighted by atomic mass is 9.94. The van der Waals surface area contributed by atoms with Gasteiger partial charge in [-0.1, -0.05) is 37.5 Å². The van der Waals surface area contributed by atoms with Gasteiger partial charge in [0, 0.05) is 36.5 Å². The number of nitro benzene ring substituents is 1. The van der Waals surface area contributed by atoms with Crippen molar-refractivity contribution in [3.05, 3.63) is 64.2 Å². The first-order chi connectivity index (χ1) is 12.6. The highest BCUT2D eigenvalue weighted by Crippen LogP contribution is 2.30. The van der Waals surface area contributed by atoms with Gasteiger partial charge in [-0.15, -0.1) is 0 Å². The molecule has 2 aromatic carbocycles. The van der Waals surface area contributed by atoms with Gasteiger partial charge in [0.05, 0.1) is 16.8 Å². The summed E-state index contributed by atoms with van der Waals surface area (Å²) in [5.41, 5.74) is 5.64. The van der Waals surface area contributed by atoms with Gasteiger partial charge < -0.3 is 4.90 Å². The summed E-state index contributed by atoms with van der Waals surface area (Å²) < 4.78 is 0. The summed E-state index contributed by atoms with van der Waals surface area (Å²) in [5, 5.41) is 15.4. The van der Waals surface area contributed by atoms with E-state index in [0.29, 0.717) is 6.04 Å². The Morgan fingerprint density at radius 3 is 2.58 bits per heavy atom. The van der Waals surface area contributed by atoms with Crippen LogP contribution in [0.2, 0.25) is 0 Å². The van der Waals surface area contributed by atoms with Crippen molar-refractivity contribution < 1.29 is 4.92 Å². The molecule has 1 fully saturated rings. The zero-order chi connectivity index (χ0) is 18.4. The SMILES string of the molecule is CN(c1ccc([N+](=O)[O-])cc1/C=N/Nc1ccccc1)C1CCCCC1. The van der Waals surface area contributed by atoms with Crippen molar-refractivity contribution in [1.29, 1.82) is 0 Å². The maximum absolute atomic E-state index is 11.2. The van der Waals surface area contributed by atoms with Crippen LogP contribution < -0.4 is 10.3 Å². The molecule has 6 nitrogen and oxygen atoms in total. The predicted molar refractivity (Wildman–Crippen MR) is 106 cm³/mol. The Kier molecular flexibility index (Phi) is 5.84. The third-order valence-corrected chi connectivity index (χ3v) is 4.90. The number of para-hydroxylation sites is 1. The molecular weight excluding hydrogens is 328 g/mol. The maximum atomic E-state index is 11.2. The van der Waals surface area contributed by atoms with E-state index in [1.807, 2.05) is 36.4 Å². The first-order valence-corrected chi connectivity index (χ1v) is 9.00. The number of nitrogens with zero attached hydrogens (tertiary/aromatic N) is 3. The summed E-state index contributed by atoms with van der Waals surface area (Å²) in [5.74, 6) is 0. The number of anilines is 2. The zero-order valence-corrected chi connectivity index (χ0v) is 15.0. The summed E-state index contributed by atoms with van der Waals surface area (Å²) in [6, 6.07) is 15.1. The normalized spacial score (nSPS) is 15.1. The predicted octanol–water partition coefficient (Wildman–Crippen LogP) is 4.81. The number of nitro groups is 1. The minimum absolute atomic E-state index is 0.0759. The molecule has 0 heterocycles. The molecule has 0 unspecified atom stereocenters. The Hall–Kier alpha value is -2.89. The number of benzene rings is 2. The van der Waals surface area contributed by atoms with Crippen molar-refractivity contribution in [3.8, 4) is 0 Å². The van der Waals surface area contributed by atoms with Crippen LogP contribution in [0.25, 0.3) is 0 Å². The van der Waals surface area contributed by atoms with Crippen LogP contribution >= 0.6 is 0 Å². The lowest BCUT2D eigenvalue weighted by Gasteiger charge is -2.33. The highest BCUT2D eigenvalue weighted by Gasteiger charge is 2.21. The lowest BCUT2D eigenvalue weighted by Crippen LogP contribution is -2.34. The first kappa shape index (κ1) is 17.9. The smallest absolute Gasteiger partial charge is 0.270 e. The minimum atomic E-state index is -0.369. The van der Waals surface area contributed by atoms with E-state index in [0.717, 1.165) is 29.8 Å². The Bertz CT molecular complexity index is 771. The van der Waals surface area contributed by atoms with E-state index in [9.17, 15) is 10.1 Å². The molecule has 0 radical (unpaired) electrons. The largest absolute Gasteiger partial charge is 0.371 e. The summed E-state index contributed by atoms with van der Waals surface area (Å²) in [6.07, 6.45) is 7.75. The van der Waals surface area contributed by atoms with Gasteiger partial charge in [0.25, 0.3) is 5.69 Å². The van der Waals surface area contributed by atoms with Crippen molar-refractivity contribution in [2.75, 3.05) is 17.4 Å². The molecule has 1 N–H and O–H groups in total. The molecule has 0 aromatic heterocycles. The molecule has 0 amide bonds. The molecule has 0 aliphatic heterocycles. The summed E-state index contributed by atoms with van der Waals surface area (Å²) in [4.78, 5) is 13.0. The molecule has 1 saturated carbocycles. The van der Waals surface area contributed by atoms with E-state index in [1.54, 1.807) is 18.3 Å². The summed E-state index contributed by atoms with van der Waals surface area (Å²) >= 11 is 0. The highest BCUT2D eigenvalue weighted by atomic mass is 16.6. The van der Waals surface area contributed by atoms with Crippen molar-refractivity contribution in [2.45, 2.75) is 38.1 Å². The van der Waals surface area contributed by atoms with Crippen LogP contribution in [-0.4, -0.2) is 24.2 Å². The van der Waals surface area contributed by atoms with Crippen LogP contribution in [0, 0.1) is 10.1 Å². The first-order valence-electron chi connectivity index (χ1n) is 9.00. The van der Waals surface area contributed by atoms with Crippen LogP contribution in [0.1, 0.15) is 37.7 Å². The van der Waals surface area contributed by atoms with Crippen LogP contribution in [0.5, 0.6) is 0 Å². The van der Waals surface area contributed by atoms with Crippen LogP contribution in [0.3, 0.4) is 0 Å². The fourth-order valence-corrected chi connectivity index (χ4v) is 3.43. The Morgan fingerprint density at radius 2 is 1.88 bits per heavy atom. The number of hydrazone groups is 1. The fraction of sp³-hybridized carbons (Fsp3) is 0.350. The second-order valence-electron chi connectivity index (χ2n) is 6.64. The fourth-order valence-electron chi connectivity index (χ4n) is 3.43. The van der Waals surface area contributed by atoms with Gasteiger partial charge >= 0.3 is 0 Å². The molecule has 1 aliphatic rings. The molecule has 6 heteroatoms. The third-order valence-electron chi connectivity index (χ3n) is 4.90. The number of nitrogens with one attached hydrogen (secondary N) is 1. The molecule has 0 atom stereocenters. The Labute approximate surface area is 153 Å². The molecule has 0 saturated heterocycles. The average molecular weight is 352 g/mol. The molecule has 0 spiro atoms. The van der Waals surface area contributed by atoms with E-state index in [4.69, 9.17) is 0 Å². The van der Waals surface area contributed by atoms with E-state index in [1.165, 1.54) is 19.3 Å². The quantitative estimate of drug-likeness (QED) is 0.460. The van der Waals surface area contributed by atoms with Crippen molar-refractivity contribution in [2.24, 2.45) is 5.10 Å². The molecule has 0 bridgehead atoms. The Balaban J connectivity index is 1.84. The molecular formula is C20H24N4O2. The monoisotopic (exact) mass is 352 g/mol. The zero-order valence-electron chi connectivity index (χ0n) is 15.0. The average Bonchev–Trinajstić information content (AvgIpc) is 2.69. The second kappa shape index (κ2) is 8.47. The summed E-state index contributed by atoms with van der Waals surface area (Å²) in [6.45, 7) is 0. The van der Waals surface area contributed by atoms with Gasteiger partial charge in [-0.05, 0) is 31.0 Å². The maximum Gasteiger partial charge on any atom is 0.270 e. The topological polar surface area (TPSA) is 70.8 Å². The Morgan fingerprint density at radius 1 is 1.15 bits per heavy atom. The van der Waals surface area contributed by atoms with Gasteiger partial charge in [-0.3, -0.25) is 15.5 Å². The molecule has 136 valence electrons. The number of non-ortho nitro benzene ring substituents is 1. The minimum Gasteiger partial charge on any atom is -0.371 e. The second-order valence-corrected chi connectivity index (χ2v) is 6.64. The van der Waals surface area contributed by atoms with E-state index < -0.39 is 0 Å². The van der Waals surface area contributed by atoms with Gasteiger partial charge in [-0.25, -0.2) is 0 Å². The van der Waals surface area contributed by atoms with Gasteiger partial charge in [-0.2, -0.15) is 5.10 Å². The standard InChI is InChI=1S/C20H24N4O2/c1-23(18-10-6-3-7-11-18)20-13-12-19(24(25)26)14-16(20)15-21-22-17-8-4-2-5-9-17/h2,4-5,8-9,12-15,18,22H,3,6-7,10-11H2,1H3/b21-15+. The molecule has 3 rings (SSSR count). The van der Waals surface area contributed by atoms with Crippen LogP contribution in [0.4, 0.5) is 17.1 Å². The van der Waals surface area contributed by atoms with Crippen molar-refractivity contribution in [3.63, 3.8) is 0 Å². The highest BCUT2D eigenvalue weighted by molar-refractivity contribution is 5.89. The third kappa shape index (κ3) is 4.39. The van der Waals surface area contributed by atoms with Gasteiger partial charge in [0.2, 0.25) is 0 Å². The molecule has 1 aliphatic carbocycles. The summed E-state index contributed by atoms with van der Waals surface area (Å²) in [7, 11) is 2.07. The van der Waals surface area contributed by atoms with Crippen LogP contribution in [0.15, 0.2) is 53.6 Å². The number of hydrogen-bond donors (Lipinski definition) is 1. The van der Waals surface area contributed by atoms with Crippen molar-refractivity contribution >= 4 is 23.3 Å². The molecule has 26 heavy (non-hydrogen) atoms. The number of rotatable bonds is 6. The van der Waals surface area contributed by atoms with Gasteiger partial charge in [0.1, 0.15) is 0 Å². The van der Waals surface area contributed by atoms with E-state index in [-0.39, 0.29) is 10.6 Å². The van der Waals surface area contributed by atoms with Gasteiger partial charge in [0.15, 0.2) is 0 Å².